The van der Waals surface area contributed by atoms with Gasteiger partial charge in [0.25, 0.3) is 0 Å². The fourth-order valence-corrected chi connectivity index (χ4v) is 4.36. The van der Waals surface area contributed by atoms with E-state index in [4.69, 9.17) is 9.47 Å². The number of ether oxygens (including phenoxy) is 2. The second kappa shape index (κ2) is 9.24. The highest BCUT2D eigenvalue weighted by molar-refractivity contribution is 5.67. The van der Waals surface area contributed by atoms with E-state index in [1.165, 1.54) is 6.42 Å². The standard InChI is InChI=1S/C23H33N5O3/c1-23(2,3)15-31-22(29)27-11-8-17(9-12-27)21-14-18(21)10-13-30-20-6-4-19(5-7-20)28-16-24-25-26-28/h4-7,16-18,21H,8-15H2,1-3H3/t18-,21-/m1/s1. The molecule has 2 heterocycles. The van der Waals surface area contributed by atoms with Gasteiger partial charge in [0, 0.05) is 13.1 Å². The van der Waals surface area contributed by atoms with Crippen LogP contribution in [0, 0.1) is 23.2 Å². The van der Waals surface area contributed by atoms with Gasteiger partial charge in [-0.2, -0.15) is 0 Å². The normalized spacial score (nSPS) is 21.7. The van der Waals surface area contributed by atoms with E-state index in [2.05, 4.69) is 36.3 Å². The molecule has 1 aliphatic carbocycles. The number of carbonyl (C=O) groups is 1. The number of benzene rings is 1. The summed E-state index contributed by atoms with van der Waals surface area (Å²) in [7, 11) is 0. The molecule has 2 fully saturated rings. The zero-order valence-corrected chi connectivity index (χ0v) is 18.7. The van der Waals surface area contributed by atoms with Crippen LogP contribution in [-0.4, -0.2) is 57.5 Å². The molecule has 0 bridgehead atoms. The topological polar surface area (TPSA) is 82.4 Å². The summed E-state index contributed by atoms with van der Waals surface area (Å²) in [6.07, 6.45) is 5.98. The summed E-state index contributed by atoms with van der Waals surface area (Å²) in [6, 6.07) is 7.81. The van der Waals surface area contributed by atoms with Crippen molar-refractivity contribution in [1.82, 2.24) is 25.1 Å². The lowest BCUT2D eigenvalue weighted by molar-refractivity contribution is 0.0602. The largest absolute Gasteiger partial charge is 0.494 e. The van der Waals surface area contributed by atoms with Crippen LogP contribution in [0.15, 0.2) is 30.6 Å². The Labute approximate surface area is 183 Å². The fourth-order valence-electron chi connectivity index (χ4n) is 4.36. The summed E-state index contributed by atoms with van der Waals surface area (Å²) in [5.41, 5.74) is 0.918. The van der Waals surface area contributed by atoms with Gasteiger partial charge in [0.2, 0.25) is 0 Å². The van der Waals surface area contributed by atoms with Crippen LogP contribution in [0.2, 0.25) is 0 Å². The highest BCUT2D eigenvalue weighted by Crippen LogP contribution is 2.49. The first-order chi connectivity index (χ1) is 14.9. The van der Waals surface area contributed by atoms with Gasteiger partial charge in [-0.15, -0.1) is 5.10 Å². The molecule has 1 aliphatic heterocycles. The molecular formula is C23H33N5O3. The minimum absolute atomic E-state index is 0.00800. The smallest absolute Gasteiger partial charge is 0.409 e. The van der Waals surface area contributed by atoms with Gasteiger partial charge in [0.05, 0.1) is 18.9 Å². The number of likely N-dealkylation sites (tertiary alicyclic amines) is 1. The Hall–Kier alpha value is -2.64. The van der Waals surface area contributed by atoms with E-state index < -0.39 is 0 Å². The lowest BCUT2D eigenvalue weighted by Crippen LogP contribution is -2.40. The SMILES string of the molecule is CC(C)(C)COC(=O)N1CCC([C@H]2C[C@H]2CCOc2ccc(-n3cnnn3)cc2)CC1. The Bertz CT molecular complexity index is 839. The summed E-state index contributed by atoms with van der Waals surface area (Å²) in [4.78, 5) is 14.1. The molecule has 31 heavy (non-hydrogen) atoms. The van der Waals surface area contributed by atoms with Gasteiger partial charge in [0.15, 0.2) is 0 Å². The molecule has 1 aromatic heterocycles. The lowest BCUT2D eigenvalue weighted by atomic mass is 9.90. The molecule has 1 saturated heterocycles. The van der Waals surface area contributed by atoms with E-state index in [1.54, 1.807) is 11.0 Å². The van der Waals surface area contributed by atoms with Gasteiger partial charge in [-0.1, -0.05) is 20.8 Å². The molecule has 0 radical (unpaired) electrons. The number of carbonyl (C=O) groups excluding carboxylic acids is 1. The summed E-state index contributed by atoms with van der Waals surface area (Å²) in [5.74, 6) is 3.15. The van der Waals surface area contributed by atoms with Crippen LogP contribution in [0.25, 0.3) is 5.69 Å². The van der Waals surface area contributed by atoms with Gasteiger partial charge >= 0.3 is 6.09 Å². The van der Waals surface area contributed by atoms with Crippen molar-refractivity contribution in [3.63, 3.8) is 0 Å². The molecule has 0 spiro atoms. The van der Waals surface area contributed by atoms with Crippen molar-refractivity contribution in [2.24, 2.45) is 23.2 Å². The molecule has 2 aromatic rings. The van der Waals surface area contributed by atoms with Crippen LogP contribution in [0.5, 0.6) is 5.75 Å². The number of tetrazole rings is 1. The summed E-state index contributed by atoms with van der Waals surface area (Å²) in [5, 5.41) is 11.2. The van der Waals surface area contributed by atoms with Crippen molar-refractivity contribution in [3.8, 4) is 11.4 Å². The Kier molecular flexibility index (Phi) is 6.43. The maximum absolute atomic E-state index is 12.2. The highest BCUT2D eigenvalue weighted by Gasteiger charge is 2.43. The molecule has 1 saturated carbocycles. The van der Waals surface area contributed by atoms with E-state index in [0.717, 1.165) is 68.1 Å². The molecule has 1 aromatic carbocycles. The molecule has 0 N–H and O–H groups in total. The van der Waals surface area contributed by atoms with Gasteiger partial charge in [-0.25, -0.2) is 9.48 Å². The number of piperidine rings is 1. The summed E-state index contributed by atoms with van der Waals surface area (Å²) >= 11 is 0. The van der Waals surface area contributed by atoms with E-state index in [-0.39, 0.29) is 11.5 Å². The molecule has 2 atom stereocenters. The van der Waals surface area contributed by atoms with E-state index in [0.29, 0.717) is 6.61 Å². The molecule has 0 unspecified atom stereocenters. The number of hydrogen-bond donors (Lipinski definition) is 0. The monoisotopic (exact) mass is 427 g/mol. The van der Waals surface area contributed by atoms with E-state index >= 15 is 0 Å². The predicted octanol–water partition coefficient (Wildman–Crippen LogP) is 3.96. The van der Waals surface area contributed by atoms with Crippen LogP contribution in [0.4, 0.5) is 4.79 Å². The number of aromatic nitrogens is 4. The molecule has 8 heteroatoms. The number of hydrogen-bond acceptors (Lipinski definition) is 6. The molecule has 4 rings (SSSR count). The Morgan fingerprint density at radius 3 is 2.55 bits per heavy atom. The van der Waals surface area contributed by atoms with E-state index in [1.807, 2.05) is 29.2 Å². The Morgan fingerprint density at radius 2 is 1.90 bits per heavy atom. The highest BCUT2D eigenvalue weighted by atomic mass is 16.6. The first-order valence-corrected chi connectivity index (χ1v) is 11.3. The van der Waals surface area contributed by atoms with Crippen molar-refractivity contribution in [2.75, 3.05) is 26.3 Å². The van der Waals surface area contributed by atoms with Crippen LogP contribution in [0.3, 0.4) is 0 Å². The van der Waals surface area contributed by atoms with Crippen molar-refractivity contribution >= 4 is 6.09 Å². The first-order valence-electron chi connectivity index (χ1n) is 11.3. The van der Waals surface area contributed by atoms with Gasteiger partial charge < -0.3 is 14.4 Å². The number of nitrogens with zero attached hydrogens (tertiary/aromatic N) is 5. The molecule has 8 nitrogen and oxygen atoms in total. The quantitative estimate of drug-likeness (QED) is 0.665. The number of rotatable bonds is 7. The molecule has 2 aliphatic rings. The summed E-state index contributed by atoms with van der Waals surface area (Å²) in [6.45, 7) is 9.09. The lowest BCUT2D eigenvalue weighted by Gasteiger charge is -2.32. The van der Waals surface area contributed by atoms with Crippen molar-refractivity contribution in [2.45, 2.75) is 46.5 Å². The Balaban J connectivity index is 1.13. The third kappa shape index (κ3) is 5.95. The average molecular weight is 428 g/mol. The third-order valence-electron chi connectivity index (χ3n) is 6.22. The summed E-state index contributed by atoms with van der Waals surface area (Å²) < 4.78 is 13.0. The second-order valence-electron chi connectivity index (χ2n) is 9.98. The zero-order chi connectivity index (χ0) is 21.8. The van der Waals surface area contributed by atoms with Crippen molar-refractivity contribution in [1.29, 1.82) is 0 Å². The van der Waals surface area contributed by atoms with Crippen LogP contribution in [0.1, 0.15) is 46.5 Å². The molecular weight excluding hydrogens is 394 g/mol. The molecule has 1 amide bonds. The van der Waals surface area contributed by atoms with Crippen LogP contribution >= 0.6 is 0 Å². The zero-order valence-electron chi connectivity index (χ0n) is 18.7. The third-order valence-corrected chi connectivity index (χ3v) is 6.22. The van der Waals surface area contributed by atoms with Crippen molar-refractivity contribution in [3.05, 3.63) is 30.6 Å². The first kappa shape index (κ1) is 21.6. The molecule has 168 valence electrons. The minimum Gasteiger partial charge on any atom is -0.494 e. The maximum Gasteiger partial charge on any atom is 0.409 e. The maximum atomic E-state index is 12.2. The Morgan fingerprint density at radius 1 is 1.16 bits per heavy atom. The van der Waals surface area contributed by atoms with Crippen molar-refractivity contribution < 1.29 is 14.3 Å². The van der Waals surface area contributed by atoms with E-state index in [9.17, 15) is 4.79 Å². The second-order valence-corrected chi connectivity index (χ2v) is 9.98. The van der Waals surface area contributed by atoms with Gasteiger partial charge in [-0.3, -0.25) is 0 Å². The van der Waals surface area contributed by atoms with Gasteiger partial charge in [-0.05, 0) is 83.5 Å². The predicted molar refractivity (Wildman–Crippen MR) is 116 cm³/mol. The number of amides is 1. The van der Waals surface area contributed by atoms with Gasteiger partial charge in [0.1, 0.15) is 12.1 Å². The van der Waals surface area contributed by atoms with Crippen LogP contribution in [-0.2, 0) is 4.74 Å². The van der Waals surface area contributed by atoms with Crippen LogP contribution < -0.4 is 4.74 Å². The average Bonchev–Trinajstić information content (AvgIpc) is 3.31. The fraction of sp³-hybridized carbons (Fsp3) is 0.652. The minimum atomic E-state index is -0.153.